The van der Waals surface area contributed by atoms with Gasteiger partial charge in [-0.05, 0) is 50.9 Å². The molecule has 2 aliphatic carbocycles. The van der Waals surface area contributed by atoms with Gasteiger partial charge in [-0.15, -0.1) is 0 Å². The lowest BCUT2D eigenvalue weighted by molar-refractivity contribution is -0.0241. The molecule has 1 spiro atoms. The smallest absolute Gasteiger partial charge is 0.0620 e. The molecule has 0 amide bonds. The fourth-order valence-electron chi connectivity index (χ4n) is 3.30. The maximum Gasteiger partial charge on any atom is 0.0620 e. The van der Waals surface area contributed by atoms with Gasteiger partial charge in [0.05, 0.1) is 5.60 Å². The first-order chi connectivity index (χ1) is 6.62. The lowest BCUT2D eigenvalue weighted by atomic mass is 9.65. The van der Waals surface area contributed by atoms with Crippen molar-refractivity contribution in [1.29, 1.82) is 0 Å². The molecule has 82 valence electrons. The third-order valence-electron chi connectivity index (χ3n) is 4.55. The van der Waals surface area contributed by atoms with Gasteiger partial charge in [-0.1, -0.05) is 25.7 Å². The van der Waals surface area contributed by atoms with Crippen molar-refractivity contribution in [2.75, 3.05) is 0 Å². The third-order valence-corrected chi connectivity index (χ3v) is 4.55. The van der Waals surface area contributed by atoms with Crippen LogP contribution in [0.15, 0.2) is 0 Å². The Morgan fingerprint density at radius 3 is 1.71 bits per heavy atom. The van der Waals surface area contributed by atoms with Crippen molar-refractivity contribution in [2.45, 2.75) is 76.7 Å². The van der Waals surface area contributed by atoms with Crippen LogP contribution in [0.2, 0.25) is 0 Å². The van der Waals surface area contributed by atoms with E-state index in [2.05, 4.69) is 0 Å². The van der Waals surface area contributed by atoms with Crippen molar-refractivity contribution in [3.05, 3.63) is 0 Å². The molecule has 1 nitrogen and oxygen atoms in total. The average Bonchev–Trinajstić information content (AvgIpc) is 2.37. The molecule has 0 aromatic heterocycles. The summed E-state index contributed by atoms with van der Waals surface area (Å²) in [4.78, 5) is 0. The molecule has 0 atom stereocenters. The van der Waals surface area contributed by atoms with Crippen molar-refractivity contribution >= 4 is 0 Å². The Kier molecular flexibility index (Phi) is 2.88. The van der Waals surface area contributed by atoms with Crippen LogP contribution in [0.25, 0.3) is 0 Å². The van der Waals surface area contributed by atoms with E-state index in [9.17, 15) is 5.11 Å². The molecule has 14 heavy (non-hydrogen) atoms. The summed E-state index contributed by atoms with van der Waals surface area (Å²) in [5.74, 6) is 0. The lowest BCUT2D eigenvalue weighted by Gasteiger charge is -2.42. The first-order valence-electron chi connectivity index (χ1n) is 6.34. The van der Waals surface area contributed by atoms with Crippen molar-refractivity contribution in [3.63, 3.8) is 0 Å². The molecule has 2 fully saturated rings. The summed E-state index contributed by atoms with van der Waals surface area (Å²) in [5.41, 5.74) is 0.288. The molecular formula is C13H24O. The standard InChI is InChI=1S/C13H24O/c1-12(14)8-10-13(11-9-12)6-4-2-3-5-7-13/h14H,2-11H2,1H3. The van der Waals surface area contributed by atoms with Gasteiger partial charge >= 0.3 is 0 Å². The van der Waals surface area contributed by atoms with Gasteiger partial charge in [-0.25, -0.2) is 0 Å². The predicted octanol–water partition coefficient (Wildman–Crippen LogP) is 3.65. The predicted molar refractivity (Wildman–Crippen MR) is 59.2 cm³/mol. The van der Waals surface area contributed by atoms with Gasteiger partial charge in [-0.2, -0.15) is 0 Å². The van der Waals surface area contributed by atoms with E-state index >= 15 is 0 Å². The Hall–Kier alpha value is -0.0400. The van der Waals surface area contributed by atoms with Crippen molar-refractivity contribution in [2.24, 2.45) is 5.41 Å². The summed E-state index contributed by atoms with van der Waals surface area (Å²) in [5, 5.41) is 9.96. The second-order valence-electron chi connectivity index (χ2n) is 5.91. The van der Waals surface area contributed by atoms with Crippen LogP contribution in [0.3, 0.4) is 0 Å². The van der Waals surface area contributed by atoms with Gasteiger partial charge in [0, 0.05) is 0 Å². The summed E-state index contributed by atoms with van der Waals surface area (Å²) < 4.78 is 0. The van der Waals surface area contributed by atoms with Gasteiger partial charge in [0.2, 0.25) is 0 Å². The van der Waals surface area contributed by atoms with Gasteiger partial charge in [0.25, 0.3) is 0 Å². The molecule has 0 aromatic carbocycles. The highest BCUT2D eigenvalue weighted by Gasteiger charge is 2.38. The van der Waals surface area contributed by atoms with Crippen LogP contribution in [-0.2, 0) is 0 Å². The first kappa shape index (κ1) is 10.5. The Bertz CT molecular complexity index is 175. The highest BCUT2D eigenvalue weighted by molar-refractivity contribution is 4.91. The highest BCUT2D eigenvalue weighted by atomic mass is 16.3. The van der Waals surface area contributed by atoms with Crippen molar-refractivity contribution in [3.8, 4) is 0 Å². The third kappa shape index (κ3) is 2.31. The summed E-state index contributed by atoms with van der Waals surface area (Å²) in [6.45, 7) is 2.01. The Labute approximate surface area is 87.9 Å². The Morgan fingerprint density at radius 2 is 1.21 bits per heavy atom. The number of hydrogen-bond acceptors (Lipinski definition) is 1. The molecule has 0 aromatic rings. The Morgan fingerprint density at radius 1 is 0.714 bits per heavy atom. The number of aliphatic hydroxyl groups is 1. The van der Waals surface area contributed by atoms with Gasteiger partial charge in [-0.3, -0.25) is 0 Å². The zero-order valence-corrected chi connectivity index (χ0v) is 9.52. The molecule has 0 aliphatic heterocycles. The van der Waals surface area contributed by atoms with E-state index in [1.807, 2.05) is 6.92 Å². The molecule has 0 bridgehead atoms. The maximum atomic E-state index is 9.96. The van der Waals surface area contributed by atoms with E-state index in [-0.39, 0.29) is 5.60 Å². The SMILES string of the molecule is CC1(O)CCC2(CCCCCC2)CC1. The van der Waals surface area contributed by atoms with Gasteiger partial charge in [0.1, 0.15) is 0 Å². The van der Waals surface area contributed by atoms with E-state index in [4.69, 9.17) is 0 Å². The van der Waals surface area contributed by atoms with Crippen LogP contribution in [-0.4, -0.2) is 10.7 Å². The monoisotopic (exact) mass is 196 g/mol. The zero-order valence-electron chi connectivity index (χ0n) is 9.52. The molecular weight excluding hydrogens is 172 g/mol. The summed E-state index contributed by atoms with van der Waals surface area (Å²) in [6.07, 6.45) is 13.2. The minimum Gasteiger partial charge on any atom is -0.390 e. The average molecular weight is 196 g/mol. The molecule has 1 N–H and O–H groups in total. The van der Waals surface area contributed by atoms with E-state index in [1.54, 1.807) is 0 Å². The summed E-state index contributed by atoms with van der Waals surface area (Å²) >= 11 is 0. The number of rotatable bonds is 0. The maximum absolute atomic E-state index is 9.96. The quantitative estimate of drug-likeness (QED) is 0.627. The molecule has 1 heteroatoms. The fraction of sp³-hybridized carbons (Fsp3) is 1.00. The second-order valence-corrected chi connectivity index (χ2v) is 5.91. The minimum absolute atomic E-state index is 0.350. The molecule has 2 aliphatic rings. The van der Waals surface area contributed by atoms with Crippen molar-refractivity contribution in [1.82, 2.24) is 0 Å². The molecule has 2 saturated carbocycles. The van der Waals surface area contributed by atoms with Crippen LogP contribution >= 0.6 is 0 Å². The second kappa shape index (κ2) is 3.84. The van der Waals surface area contributed by atoms with E-state index in [0.29, 0.717) is 5.41 Å². The largest absolute Gasteiger partial charge is 0.390 e. The van der Waals surface area contributed by atoms with Crippen LogP contribution in [0.4, 0.5) is 0 Å². The van der Waals surface area contributed by atoms with Crippen LogP contribution in [0.1, 0.15) is 71.1 Å². The minimum atomic E-state index is -0.350. The topological polar surface area (TPSA) is 20.2 Å². The molecule has 0 heterocycles. The summed E-state index contributed by atoms with van der Waals surface area (Å²) in [6, 6.07) is 0. The van der Waals surface area contributed by atoms with Crippen molar-refractivity contribution < 1.29 is 5.11 Å². The molecule has 2 rings (SSSR count). The van der Waals surface area contributed by atoms with E-state index in [1.165, 1.54) is 51.4 Å². The van der Waals surface area contributed by atoms with E-state index in [0.717, 1.165) is 12.8 Å². The lowest BCUT2D eigenvalue weighted by Crippen LogP contribution is -2.36. The number of hydrogen-bond donors (Lipinski definition) is 1. The van der Waals surface area contributed by atoms with Crippen LogP contribution < -0.4 is 0 Å². The normalized spacial score (nSPS) is 31.3. The molecule has 0 radical (unpaired) electrons. The molecule has 0 saturated heterocycles. The fourth-order valence-corrected chi connectivity index (χ4v) is 3.30. The van der Waals surface area contributed by atoms with Crippen LogP contribution in [0, 0.1) is 5.41 Å². The van der Waals surface area contributed by atoms with Gasteiger partial charge < -0.3 is 5.11 Å². The van der Waals surface area contributed by atoms with Crippen LogP contribution in [0.5, 0.6) is 0 Å². The molecule has 0 unspecified atom stereocenters. The highest BCUT2D eigenvalue weighted by Crippen LogP contribution is 2.48. The van der Waals surface area contributed by atoms with Gasteiger partial charge in [0.15, 0.2) is 0 Å². The Balaban J connectivity index is 1.96. The first-order valence-corrected chi connectivity index (χ1v) is 6.34. The van der Waals surface area contributed by atoms with E-state index < -0.39 is 0 Å². The zero-order chi connectivity index (χ0) is 10.1. The summed E-state index contributed by atoms with van der Waals surface area (Å²) in [7, 11) is 0.